The smallest absolute Gasteiger partial charge is 0.137 e. The molecule has 62 valence electrons. The van der Waals surface area contributed by atoms with Gasteiger partial charge in [0.2, 0.25) is 0 Å². The Morgan fingerprint density at radius 2 is 2.27 bits per heavy atom. The molecule has 0 unspecified atom stereocenters. The van der Waals surface area contributed by atoms with Crippen LogP contribution < -0.4 is 11.1 Å². The average Bonchev–Trinajstić information content (AvgIpc) is 1.84. The van der Waals surface area contributed by atoms with Crippen LogP contribution in [0.2, 0.25) is 0 Å². The van der Waals surface area contributed by atoms with Crippen molar-refractivity contribution in [1.29, 1.82) is 0 Å². The Hall–Kier alpha value is -0.510. The molecule has 1 aliphatic carbocycles. The zero-order chi connectivity index (χ0) is 8.43. The molecule has 0 spiro atoms. The van der Waals surface area contributed by atoms with E-state index < -0.39 is 0 Å². The number of nitrogens with two attached hydrogens (primary N) is 1. The van der Waals surface area contributed by atoms with Crippen molar-refractivity contribution in [3.63, 3.8) is 0 Å². The molecule has 0 aromatic rings. The second kappa shape index (κ2) is 3.26. The Morgan fingerprint density at radius 3 is 2.64 bits per heavy atom. The maximum atomic E-state index is 10.6. The number of halogens is 1. The largest absolute Gasteiger partial charge is 0.392 e. The van der Waals surface area contributed by atoms with E-state index in [0.29, 0.717) is 29.3 Å². The van der Waals surface area contributed by atoms with Crippen molar-refractivity contribution >= 4 is 21.7 Å². The van der Waals surface area contributed by atoms with Crippen molar-refractivity contribution in [2.24, 2.45) is 5.73 Å². The van der Waals surface area contributed by atoms with Crippen LogP contribution in [0, 0.1) is 0 Å². The summed E-state index contributed by atoms with van der Waals surface area (Å²) in [6.45, 7) is 1.88. The third-order valence-electron chi connectivity index (χ3n) is 1.73. The Balaban J connectivity index is 2.33. The molecule has 0 heterocycles. The van der Waals surface area contributed by atoms with Gasteiger partial charge in [0, 0.05) is 24.6 Å². The van der Waals surface area contributed by atoms with E-state index in [2.05, 4.69) is 21.2 Å². The summed E-state index contributed by atoms with van der Waals surface area (Å²) in [5.74, 6) is 0.323. The topological polar surface area (TPSA) is 55.1 Å². The molecule has 3 N–H and O–H groups in total. The monoisotopic (exact) mass is 218 g/mol. The second-order valence-electron chi connectivity index (χ2n) is 2.76. The molecule has 0 atom stereocenters. The fraction of sp³-hybridized carbons (Fsp3) is 0.571. The van der Waals surface area contributed by atoms with Crippen LogP contribution in [0.4, 0.5) is 0 Å². The van der Waals surface area contributed by atoms with E-state index in [0.717, 1.165) is 5.70 Å². The lowest BCUT2D eigenvalue weighted by molar-refractivity contribution is -0.124. The predicted molar refractivity (Wildman–Crippen MR) is 47.0 cm³/mol. The summed E-state index contributed by atoms with van der Waals surface area (Å²) in [4.78, 5) is 10.6. The summed E-state index contributed by atoms with van der Waals surface area (Å²) >= 11 is 3.15. The summed E-state index contributed by atoms with van der Waals surface area (Å²) in [5, 5.41) is 3.13. The van der Waals surface area contributed by atoms with Gasteiger partial charge in [-0.15, -0.1) is 0 Å². The molecule has 1 saturated carbocycles. The standard InChI is InChI=1S/C7H11BrN2O/c1-4(7(8)9)10-5-2-6(11)3-5/h5,10H,2-3,9H2,1H3/b7-4-. The quantitative estimate of drug-likeness (QED) is 0.677. The Morgan fingerprint density at radius 1 is 1.73 bits per heavy atom. The highest BCUT2D eigenvalue weighted by Crippen LogP contribution is 2.16. The molecule has 0 bridgehead atoms. The number of ketones is 1. The molecule has 1 rings (SSSR count). The first-order valence-electron chi connectivity index (χ1n) is 3.49. The molecular formula is C7H11BrN2O. The van der Waals surface area contributed by atoms with Crippen LogP contribution in [-0.2, 0) is 4.79 Å². The average molecular weight is 219 g/mol. The molecular weight excluding hydrogens is 208 g/mol. The van der Waals surface area contributed by atoms with Gasteiger partial charge in [-0.1, -0.05) is 0 Å². The van der Waals surface area contributed by atoms with E-state index in [4.69, 9.17) is 5.73 Å². The molecule has 0 amide bonds. The number of carbonyl (C=O) groups excluding carboxylic acids is 1. The molecule has 0 aromatic carbocycles. The van der Waals surface area contributed by atoms with Gasteiger partial charge >= 0.3 is 0 Å². The van der Waals surface area contributed by atoms with Crippen LogP contribution in [0.1, 0.15) is 19.8 Å². The fourth-order valence-electron chi connectivity index (χ4n) is 0.967. The van der Waals surface area contributed by atoms with Crippen molar-refractivity contribution < 1.29 is 4.79 Å². The number of allylic oxidation sites excluding steroid dienone is 1. The van der Waals surface area contributed by atoms with Crippen LogP contribution in [0.3, 0.4) is 0 Å². The van der Waals surface area contributed by atoms with Gasteiger partial charge in [-0.25, -0.2) is 0 Å². The second-order valence-corrected chi connectivity index (χ2v) is 3.62. The first-order chi connectivity index (χ1) is 5.09. The summed E-state index contributed by atoms with van der Waals surface area (Å²) in [7, 11) is 0. The van der Waals surface area contributed by atoms with Gasteiger partial charge in [0.25, 0.3) is 0 Å². The van der Waals surface area contributed by atoms with Gasteiger partial charge in [-0.05, 0) is 22.9 Å². The Kier molecular flexibility index (Phi) is 2.54. The highest BCUT2D eigenvalue weighted by atomic mass is 79.9. The van der Waals surface area contributed by atoms with Gasteiger partial charge in [-0.2, -0.15) is 0 Å². The molecule has 0 aromatic heterocycles. The summed E-state index contributed by atoms with van der Waals surface area (Å²) in [6, 6.07) is 0.304. The summed E-state index contributed by atoms with van der Waals surface area (Å²) in [6.07, 6.45) is 1.27. The van der Waals surface area contributed by atoms with Gasteiger partial charge in [-0.3, -0.25) is 4.79 Å². The van der Waals surface area contributed by atoms with E-state index >= 15 is 0 Å². The van der Waals surface area contributed by atoms with E-state index in [-0.39, 0.29) is 0 Å². The highest BCUT2D eigenvalue weighted by molar-refractivity contribution is 9.11. The highest BCUT2D eigenvalue weighted by Gasteiger charge is 2.26. The minimum atomic E-state index is 0.304. The van der Waals surface area contributed by atoms with Crippen molar-refractivity contribution in [2.75, 3.05) is 0 Å². The molecule has 3 nitrogen and oxygen atoms in total. The van der Waals surface area contributed by atoms with Gasteiger partial charge < -0.3 is 11.1 Å². The lowest BCUT2D eigenvalue weighted by Gasteiger charge is -2.26. The molecule has 1 aliphatic rings. The molecule has 1 fully saturated rings. The number of Topliss-reactive ketones (excluding diaryl/α,β-unsaturated/α-hetero) is 1. The van der Waals surface area contributed by atoms with Crippen molar-refractivity contribution in [3.8, 4) is 0 Å². The maximum absolute atomic E-state index is 10.6. The summed E-state index contributed by atoms with van der Waals surface area (Å²) < 4.78 is 0.608. The molecule has 0 saturated heterocycles. The van der Waals surface area contributed by atoms with Crippen LogP contribution in [-0.4, -0.2) is 11.8 Å². The van der Waals surface area contributed by atoms with E-state index in [1.165, 1.54) is 0 Å². The van der Waals surface area contributed by atoms with Crippen LogP contribution in [0.5, 0.6) is 0 Å². The molecule has 11 heavy (non-hydrogen) atoms. The van der Waals surface area contributed by atoms with Crippen LogP contribution in [0.15, 0.2) is 10.3 Å². The maximum Gasteiger partial charge on any atom is 0.137 e. The third-order valence-corrected chi connectivity index (χ3v) is 2.32. The molecule has 0 aliphatic heterocycles. The van der Waals surface area contributed by atoms with E-state index in [1.807, 2.05) is 6.92 Å². The van der Waals surface area contributed by atoms with Gasteiger partial charge in [0.1, 0.15) is 5.78 Å². The number of hydrogen-bond acceptors (Lipinski definition) is 3. The zero-order valence-corrected chi connectivity index (χ0v) is 7.94. The normalized spacial score (nSPS) is 20.7. The third kappa shape index (κ3) is 2.22. The SMILES string of the molecule is C/C(NC1CC(=O)C1)=C(/N)Br. The number of nitrogens with one attached hydrogen (secondary N) is 1. The minimum Gasteiger partial charge on any atom is -0.392 e. The first kappa shape index (κ1) is 8.59. The first-order valence-corrected chi connectivity index (χ1v) is 4.29. The van der Waals surface area contributed by atoms with Gasteiger partial charge in [0.05, 0.1) is 4.61 Å². The lowest BCUT2D eigenvalue weighted by atomic mass is 9.91. The predicted octanol–water partition coefficient (Wildman–Crippen LogP) is 0.850. The Labute approximate surface area is 74.2 Å². The van der Waals surface area contributed by atoms with Crippen molar-refractivity contribution in [3.05, 3.63) is 10.3 Å². The van der Waals surface area contributed by atoms with Crippen LogP contribution >= 0.6 is 15.9 Å². The fourth-order valence-corrected chi connectivity index (χ4v) is 1.08. The zero-order valence-electron chi connectivity index (χ0n) is 6.36. The lowest BCUT2D eigenvalue weighted by Crippen LogP contribution is -2.40. The summed E-state index contributed by atoms with van der Waals surface area (Å²) in [5.41, 5.74) is 6.35. The number of hydrogen-bond donors (Lipinski definition) is 2. The van der Waals surface area contributed by atoms with Crippen molar-refractivity contribution in [2.45, 2.75) is 25.8 Å². The van der Waals surface area contributed by atoms with Crippen molar-refractivity contribution in [1.82, 2.24) is 5.32 Å². The van der Waals surface area contributed by atoms with Crippen LogP contribution in [0.25, 0.3) is 0 Å². The number of rotatable bonds is 2. The van der Waals surface area contributed by atoms with Gasteiger partial charge in [0.15, 0.2) is 0 Å². The van der Waals surface area contributed by atoms with E-state index in [9.17, 15) is 4.79 Å². The molecule has 4 heteroatoms. The number of carbonyl (C=O) groups is 1. The minimum absolute atomic E-state index is 0.304. The molecule has 0 radical (unpaired) electrons. The van der Waals surface area contributed by atoms with E-state index in [1.54, 1.807) is 0 Å². The Bertz CT molecular complexity index is 200.